The first kappa shape index (κ1) is 15.0. The standard InChI is InChI=1S/C18H14F2N2O/c1-12-4-5-13(10-17(12)22-8-2-3-9-22)18(23)21-16-7-6-14(19)11-15(16)20/h2-11H,1H3,(H,21,23). The first-order chi connectivity index (χ1) is 11.0. The van der Waals surface area contributed by atoms with Crippen LogP contribution in [0.3, 0.4) is 0 Å². The summed E-state index contributed by atoms with van der Waals surface area (Å²) in [6, 6.07) is 12.0. The zero-order valence-electron chi connectivity index (χ0n) is 12.4. The molecule has 2 aromatic carbocycles. The summed E-state index contributed by atoms with van der Waals surface area (Å²) >= 11 is 0. The second kappa shape index (κ2) is 6.04. The van der Waals surface area contributed by atoms with Crippen molar-refractivity contribution in [2.75, 3.05) is 5.32 Å². The van der Waals surface area contributed by atoms with Gasteiger partial charge >= 0.3 is 0 Å². The molecule has 1 heterocycles. The van der Waals surface area contributed by atoms with Crippen molar-refractivity contribution in [1.29, 1.82) is 0 Å². The topological polar surface area (TPSA) is 34.0 Å². The van der Waals surface area contributed by atoms with Crippen LogP contribution in [-0.2, 0) is 0 Å². The Morgan fingerprint density at radius 3 is 2.48 bits per heavy atom. The van der Waals surface area contributed by atoms with Crippen LogP contribution in [0.5, 0.6) is 0 Å². The molecule has 1 N–H and O–H groups in total. The summed E-state index contributed by atoms with van der Waals surface area (Å²) in [5.74, 6) is -1.95. The number of aryl methyl sites for hydroxylation is 1. The molecule has 5 heteroatoms. The molecule has 1 aromatic heterocycles. The third-order valence-electron chi connectivity index (χ3n) is 3.53. The molecule has 0 atom stereocenters. The number of carbonyl (C=O) groups is 1. The van der Waals surface area contributed by atoms with Gasteiger partial charge in [0.15, 0.2) is 0 Å². The number of aromatic nitrogens is 1. The van der Waals surface area contributed by atoms with Crippen molar-refractivity contribution in [3.05, 3.63) is 83.7 Å². The number of rotatable bonds is 3. The largest absolute Gasteiger partial charge is 0.324 e. The fourth-order valence-corrected chi connectivity index (χ4v) is 2.31. The van der Waals surface area contributed by atoms with Crippen LogP contribution in [0.15, 0.2) is 60.9 Å². The molecule has 0 unspecified atom stereocenters. The number of amides is 1. The van der Waals surface area contributed by atoms with E-state index in [1.165, 1.54) is 6.07 Å². The van der Waals surface area contributed by atoms with Crippen LogP contribution in [0.2, 0.25) is 0 Å². The predicted molar refractivity (Wildman–Crippen MR) is 84.8 cm³/mol. The average Bonchev–Trinajstić information content (AvgIpc) is 3.04. The van der Waals surface area contributed by atoms with Gasteiger partial charge in [-0.3, -0.25) is 4.79 Å². The predicted octanol–water partition coefficient (Wildman–Crippen LogP) is 4.32. The summed E-state index contributed by atoms with van der Waals surface area (Å²) < 4.78 is 28.4. The normalized spacial score (nSPS) is 10.6. The number of carbonyl (C=O) groups excluding carboxylic acids is 1. The molecule has 0 bridgehead atoms. The number of halogens is 2. The quantitative estimate of drug-likeness (QED) is 0.768. The van der Waals surface area contributed by atoms with Crippen molar-refractivity contribution in [1.82, 2.24) is 4.57 Å². The van der Waals surface area contributed by atoms with Gasteiger partial charge in [0.2, 0.25) is 0 Å². The molecule has 0 saturated heterocycles. The van der Waals surface area contributed by atoms with E-state index in [1.54, 1.807) is 12.1 Å². The summed E-state index contributed by atoms with van der Waals surface area (Å²) in [7, 11) is 0. The molecular formula is C18H14F2N2O. The monoisotopic (exact) mass is 312 g/mol. The number of anilines is 1. The lowest BCUT2D eigenvalue weighted by Crippen LogP contribution is -2.13. The van der Waals surface area contributed by atoms with Gasteiger partial charge in [-0.1, -0.05) is 6.07 Å². The Hall–Kier alpha value is -2.95. The molecule has 0 aliphatic rings. The Kier molecular flexibility index (Phi) is 3.93. The highest BCUT2D eigenvalue weighted by atomic mass is 19.1. The third kappa shape index (κ3) is 3.13. The molecule has 3 aromatic rings. The molecule has 116 valence electrons. The lowest BCUT2D eigenvalue weighted by atomic mass is 10.1. The van der Waals surface area contributed by atoms with Crippen LogP contribution in [-0.4, -0.2) is 10.5 Å². The molecule has 0 saturated carbocycles. The van der Waals surface area contributed by atoms with Crippen LogP contribution < -0.4 is 5.32 Å². The fourth-order valence-electron chi connectivity index (χ4n) is 2.31. The van der Waals surface area contributed by atoms with E-state index in [4.69, 9.17) is 0 Å². The van der Waals surface area contributed by atoms with E-state index >= 15 is 0 Å². The highest BCUT2D eigenvalue weighted by molar-refractivity contribution is 6.04. The summed E-state index contributed by atoms with van der Waals surface area (Å²) in [6.45, 7) is 1.94. The number of hydrogen-bond donors (Lipinski definition) is 1. The van der Waals surface area contributed by atoms with Gasteiger partial charge in [-0.15, -0.1) is 0 Å². The summed E-state index contributed by atoms with van der Waals surface area (Å²) in [5, 5.41) is 2.46. The Bertz CT molecular complexity index is 857. The van der Waals surface area contributed by atoms with Crippen molar-refractivity contribution < 1.29 is 13.6 Å². The SMILES string of the molecule is Cc1ccc(C(=O)Nc2ccc(F)cc2F)cc1-n1cccc1. The molecule has 0 fully saturated rings. The van der Waals surface area contributed by atoms with Crippen LogP contribution in [0.1, 0.15) is 15.9 Å². The van der Waals surface area contributed by atoms with Crippen molar-refractivity contribution in [3.63, 3.8) is 0 Å². The summed E-state index contributed by atoms with van der Waals surface area (Å²) in [6.07, 6.45) is 3.76. The number of nitrogens with one attached hydrogen (secondary N) is 1. The Labute approximate surface area is 132 Å². The molecule has 1 amide bonds. The molecule has 0 aliphatic carbocycles. The van der Waals surface area contributed by atoms with Gasteiger partial charge < -0.3 is 9.88 Å². The molecular weight excluding hydrogens is 298 g/mol. The first-order valence-corrected chi connectivity index (χ1v) is 7.05. The second-order valence-electron chi connectivity index (χ2n) is 5.17. The first-order valence-electron chi connectivity index (χ1n) is 7.05. The zero-order chi connectivity index (χ0) is 16.4. The van der Waals surface area contributed by atoms with Gasteiger partial charge in [-0.05, 0) is 48.9 Å². The van der Waals surface area contributed by atoms with Gasteiger partial charge in [-0.25, -0.2) is 8.78 Å². The number of nitrogens with zero attached hydrogens (tertiary/aromatic N) is 1. The summed E-state index contributed by atoms with van der Waals surface area (Å²) in [4.78, 5) is 12.3. The van der Waals surface area contributed by atoms with Gasteiger partial charge in [-0.2, -0.15) is 0 Å². The zero-order valence-corrected chi connectivity index (χ0v) is 12.4. The van der Waals surface area contributed by atoms with Gasteiger partial charge in [0.25, 0.3) is 5.91 Å². The number of benzene rings is 2. The Morgan fingerprint density at radius 1 is 1.04 bits per heavy atom. The highest BCUT2D eigenvalue weighted by Crippen LogP contribution is 2.19. The van der Waals surface area contributed by atoms with Crippen molar-refractivity contribution in [2.45, 2.75) is 6.92 Å². The molecule has 3 rings (SSSR count). The lowest BCUT2D eigenvalue weighted by molar-refractivity contribution is 0.102. The van der Waals surface area contributed by atoms with E-state index in [9.17, 15) is 13.6 Å². The van der Waals surface area contributed by atoms with Crippen molar-refractivity contribution in [3.8, 4) is 5.69 Å². The van der Waals surface area contributed by atoms with Crippen LogP contribution >= 0.6 is 0 Å². The maximum atomic E-state index is 13.6. The van der Waals surface area contributed by atoms with Crippen LogP contribution in [0.4, 0.5) is 14.5 Å². The Balaban J connectivity index is 1.89. The summed E-state index contributed by atoms with van der Waals surface area (Å²) in [5.41, 5.74) is 2.20. The maximum Gasteiger partial charge on any atom is 0.255 e. The minimum Gasteiger partial charge on any atom is -0.324 e. The van der Waals surface area contributed by atoms with Crippen molar-refractivity contribution >= 4 is 11.6 Å². The highest BCUT2D eigenvalue weighted by Gasteiger charge is 2.12. The van der Waals surface area contributed by atoms with Crippen LogP contribution in [0, 0.1) is 18.6 Å². The fraction of sp³-hybridized carbons (Fsp3) is 0.0556. The molecule has 23 heavy (non-hydrogen) atoms. The molecule has 0 spiro atoms. The van der Waals surface area contributed by atoms with Gasteiger partial charge in [0.05, 0.1) is 5.69 Å². The van der Waals surface area contributed by atoms with E-state index < -0.39 is 17.5 Å². The van der Waals surface area contributed by atoms with E-state index in [-0.39, 0.29) is 5.69 Å². The van der Waals surface area contributed by atoms with Crippen molar-refractivity contribution in [2.24, 2.45) is 0 Å². The third-order valence-corrected chi connectivity index (χ3v) is 3.53. The minimum absolute atomic E-state index is 0.0560. The molecule has 3 nitrogen and oxygen atoms in total. The molecule has 0 radical (unpaired) electrons. The smallest absolute Gasteiger partial charge is 0.255 e. The van der Waals surface area contributed by atoms with E-state index in [0.29, 0.717) is 5.56 Å². The van der Waals surface area contributed by atoms with E-state index in [0.717, 1.165) is 23.4 Å². The van der Waals surface area contributed by atoms with Crippen LogP contribution in [0.25, 0.3) is 5.69 Å². The van der Waals surface area contributed by atoms with Gasteiger partial charge in [0, 0.05) is 29.7 Å². The van der Waals surface area contributed by atoms with E-state index in [1.807, 2.05) is 42.1 Å². The average molecular weight is 312 g/mol. The number of hydrogen-bond acceptors (Lipinski definition) is 1. The maximum absolute atomic E-state index is 13.6. The molecule has 0 aliphatic heterocycles. The minimum atomic E-state index is -0.809. The van der Waals surface area contributed by atoms with Gasteiger partial charge in [0.1, 0.15) is 11.6 Å². The lowest BCUT2D eigenvalue weighted by Gasteiger charge is -2.11. The van der Waals surface area contributed by atoms with E-state index in [2.05, 4.69) is 5.32 Å². The Morgan fingerprint density at radius 2 is 1.78 bits per heavy atom. The second-order valence-corrected chi connectivity index (χ2v) is 5.17.